The lowest BCUT2D eigenvalue weighted by atomic mass is 9.99. The van der Waals surface area contributed by atoms with Gasteiger partial charge in [-0.25, -0.2) is 19.4 Å². The van der Waals surface area contributed by atoms with E-state index in [4.69, 9.17) is 18.9 Å². The second-order valence-corrected chi connectivity index (χ2v) is 14.0. The van der Waals surface area contributed by atoms with Crippen LogP contribution < -0.4 is 9.47 Å². The van der Waals surface area contributed by atoms with Gasteiger partial charge in [0, 0.05) is 56.5 Å². The number of aromatic hydroxyl groups is 3. The summed E-state index contributed by atoms with van der Waals surface area (Å²) in [4.78, 5) is 62.5. The Morgan fingerprint density at radius 1 is 0.891 bits per heavy atom. The Kier molecular flexibility index (Phi) is 18.7. The normalized spacial score (nSPS) is 18.4. The number of esters is 3. The molecule has 0 saturated carbocycles. The number of carbonyl (C=O) groups excluding carboxylic acids is 4. The number of aromatic nitrogens is 2. The van der Waals surface area contributed by atoms with E-state index >= 15 is 0 Å². The zero-order chi connectivity index (χ0) is 48.0. The van der Waals surface area contributed by atoms with Crippen molar-refractivity contribution < 1.29 is 82.8 Å². The van der Waals surface area contributed by atoms with Crippen LogP contribution in [0.1, 0.15) is 68.0 Å². The maximum Gasteiger partial charge on any atom is 0.342 e. The first kappa shape index (κ1) is 51.3. The number of phenolic OH excluding ortho intramolecular Hbond substituents is 3. The largest absolute Gasteiger partial charge is 0.508 e. The van der Waals surface area contributed by atoms with Gasteiger partial charge in [0.1, 0.15) is 51.9 Å². The van der Waals surface area contributed by atoms with Crippen LogP contribution in [0.2, 0.25) is 0 Å². The second-order valence-electron chi connectivity index (χ2n) is 14.0. The molecule has 0 radical (unpaired) electrons. The lowest BCUT2D eigenvalue weighted by Gasteiger charge is -2.20. The number of ketones is 1. The molecule has 0 unspecified atom stereocenters. The molecule has 0 aliphatic carbocycles. The molecule has 2 heterocycles. The third-order valence-electron chi connectivity index (χ3n) is 9.55. The highest BCUT2D eigenvalue weighted by atomic mass is 16.7. The predicted octanol–water partition coefficient (Wildman–Crippen LogP) is 4.57. The number of methoxy groups -OCH3 is 4. The van der Waals surface area contributed by atoms with Gasteiger partial charge >= 0.3 is 23.6 Å². The van der Waals surface area contributed by atoms with Gasteiger partial charge in [0.25, 0.3) is 0 Å². The number of cyclic esters (lactones) is 1. The lowest BCUT2D eigenvalue weighted by molar-refractivity contribution is -0.386. The molecule has 21 heteroatoms. The molecule has 0 fully saturated rings. The van der Waals surface area contributed by atoms with Gasteiger partial charge in [-0.2, -0.15) is 0 Å². The summed E-state index contributed by atoms with van der Waals surface area (Å²) in [6.07, 6.45) is 3.78. The van der Waals surface area contributed by atoms with Crippen LogP contribution in [-0.2, 0) is 35.5 Å². The number of aryl methyl sites for hydroxylation is 2. The van der Waals surface area contributed by atoms with Gasteiger partial charge in [0.15, 0.2) is 25.1 Å². The molecule has 3 aromatic carbocycles. The predicted molar refractivity (Wildman–Crippen MR) is 226 cm³/mol. The molecule has 4 atom stereocenters. The standard InChI is InChI=1S/C21H24N2O6.C11H13NO7.C11H14O5/c1-11-7-8-16(25)20(27)15(24)6-4-5-13-18(21(28)29-12(11)2)17(26)9-14-19(13)22-10-23(14)3;1-6-9(11(14)18-3)8(19-5-17-2)4-7(13)10(6)12(15)16;1-7-4-8(12)5-9(16-6-14-2)10(7)11(13)15-3/h4-5,7-12,15,20,24,26-27H,6H2,1-3H3;4,13H,5H2,1-3H3;4-5,12H,6H2,1-3H3/b5-4+,8-7-;;/t11-,12+,15+,20+;;/m1../s1. The number of benzene rings is 3. The zero-order valence-corrected chi connectivity index (χ0v) is 36.5. The van der Waals surface area contributed by atoms with Gasteiger partial charge < -0.3 is 63.3 Å². The highest BCUT2D eigenvalue weighted by molar-refractivity contribution is 6.04. The SMILES string of the molecule is COCOc1cc(O)c([N+](=O)[O-])c(C)c1C(=O)OC.COCOc1cc(O)cc(C)c1C(=O)OC.C[C@@H]1/C=C\C(=O)[C@@H](O)[C@@H](O)C/C=C/c2c(c(O)cc3c2ncn3C)C(=O)O[C@H]1C. The lowest BCUT2D eigenvalue weighted by Crippen LogP contribution is -2.32. The quantitative estimate of drug-likeness (QED) is 0.0505. The number of nitro benzene ring substituents is 1. The molecule has 0 spiro atoms. The van der Waals surface area contributed by atoms with Crippen molar-refractivity contribution in [1.29, 1.82) is 0 Å². The number of aliphatic hydroxyl groups is 2. The Bertz CT molecular complexity index is 2410. The van der Waals surface area contributed by atoms with Crippen LogP contribution in [0.15, 0.2) is 48.8 Å². The second kappa shape index (κ2) is 23.4. The molecule has 5 N–H and O–H groups in total. The molecule has 21 nitrogen and oxygen atoms in total. The van der Waals surface area contributed by atoms with Crippen molar-refractivity contribution in [1.82, 2.24) is 9.55 Å². The summed E-state index contributed by atoms with van der Waals surface area (Å²) in [5.41, 5.74) is 1.55. The number of aliphatic hydroxyl groups excluding tert-OH is 2. The van der Waals surface area contributed by atoms with Crippen LogP contribution in [0.4, 0.5) is 5.69 Å². The summed E-state index contributed by atoms with van der Waals surface area (Å²) in [6.45, 7) is 6.24. The van der Waals surface area contributed by atoms with Gasteiger partial charge in [0.2, 0.25) is 0 Å². The smallest absolute Gasteiger partial charge is 0.342 e. The zero-order valence-electron chi connectivity index (χ0n) is 36.5. The van der Waals surface area contributed by atoms with Crippen molar-refractivity contribution in [3.8, 4) is 28.7 Å². The third-order valence-corrected chi connectivity index (χ3v) is 9.55. The highest BCUT2D eigenvalue weighted by Crippen LogP contribution is 2.39. The van der Waals surface area contributed by atoms with Gasteiger partial charge in [-0.3, -0.25) is 14.9 Å². The molecule has 5 rings (SSSR count). The number of rotatable bonds is 9. The third kappa shape index (κ3) is 12.5. The number of phenols is 3. The number of carbonyl (C=O) groups is 4. The van der Waals surface area contributed by atoms with Crippen LogP contribution in [0, 0.1) is 29.9 Å². The fourth-order valence-electron chi connectivity index (χ4n) is 6.05. The Morgan fingerprint density at radius 3 is 2.06 bits per heavy atom. The monoisotopic (exact) mass is 897 g/mol. The van der Waals surface area contributed by atoms with Gasteiger partial charge in [-0.1, -0.05) is 25.2 Å². The molecule has 1 aromatic heterocycles. The number of hydrogen-bond donors (Lipinski definition) is 5. The highest BCUT2D eigenvalue weighted by Gasteiger charge is 2.29. The van der Waals surface area contributed by atoms with Gasteiger partial charge in [-0.05, 0) is 44.9 Å². The molecular formula is C43H51N3O18. The molecular weight excluding hydrogens is 846 g/mol. The summed E-state index contributed by atoms with van der Waals surface area (Å²) in [5, 5.41) is 60.6. The summed E-state index contributed by atoms with van der Waals surface area (Å²) in [6, 6.07) is 5.24. The number of nitro groups is 1. The van der Waals surface area contributed by atoms with Crippen molar-refractivity contribution in [2.75, 3.05) is 42.0 Å². The Hall–Kier alpha value is -7.07. The Morgan fingerprint density at radius 2 is 1.48 bits per heavy atom. The summed E-state index contributed by atoms with van der Waals surface area (Å²) >= 11 is 0. The fourth-order valence-corrected chi connectivity index (χ4v) is 6.05. The van der Waals surface area contributed by atoms with Crippen LogP contribution >= 0.6 is 0 Å². The van der Waals surface area contributed by atoms with Gasteiger partial charge in [-0.15, -0.1) is 0 Å². The molecule has 64 heavy (non-hydrogen) atoms. The number of fused-ring (bicyclic) bond motifs is 3. The number of hydrogen-bond acceptors (Lipinski definition) is 19. The van der Waals surface area contributed by atoms with Crippen LogP contribution in [0.25, 0.3) is 17.1 Å². The first-order valence-electron chi connectivity index (χ1n) is 19.1. The van der Waals surface area contributed by atoms with Crippen LogP contribution in [0.3, 0.4) is 0 Å². The molecule has 4 aromatic rings. The van der Waals surface area contributed by atoms with E-state index in [2.05, 4.69) is 19.2 Å². The minimum Gasteiger partial charge on any atom is -0.508 e. The Balaban J connectivity index is 0.000000271. The molecule has 0 bridgehead atoms. The van der Waals surface area contributed by atoms with Crippen molar-refractivity contribution >= 4 is 46.5 Å². The summed E-state index contributed by atoms with van der Waals surface area (Å²) < 4.78 is 36.1. The molecule has 1 aliphatic heterocycles. The minimum atomic E-state index is -1.57. The molecule has 0 saturated heterocycles. The van der Waals surface area contributed by atoms with Crippen molar-refractivity contribution in [2.24, 2.45) is 13.0 Å². The molecule has 1 aliphatic rings. The maximum absolute atomic E-state index is 12.9. The van der Waals surface area contributed by atoms with E-state index in [-0.39, 0.29) is 71.2 Å². The van der Waals surface area contributed by atoms with E-state index in [0.717, 1.165) is 13.2 Å². The summed E-state index contributed by atoms with van der Waals surface area (Å²) in [7, 11) is 7.02. The number of imidazole rings is 1. The molecule has 346 valence electrons. The van der Waals surface area contributed by atoms with Crippen LogP contribution in [0.5, 0.6) is 28.7 Å². The van der Waals surface area contributed by atoms with E-state index < -0.39 is 58.4 Å². The van der Waals surface area contributed by atoms with Crippen LogP contribution in [-0.4, -0.2) is 124 Å². The van der Waals surface area contributed by atoms with E-state index in [9.17, 15) is 54.8 Å². The van der Waals surface area contributed by atoms with E-state index in [1.165, 1.54) is 70.8 Å². The van der Waals surface area contributed by atoms with E-state index in [1.54, 1.807) is 38.7 Å². The summed E-state index contributed by atoms with van der Waals surface area (Å²) in [5.74, 6) is -3.61. The number of nitrogens with zero attached hydrogens (tertiary/aromatic N) is 3. The van der Waals surface area contributed by atoms with E-state index in [1.807, 2.05) is 0 Å². The topological polar surface area (TPSA) is 295 Å². The van der Waals surface area contributed by atoms with Crippen molar-refractivity contribution in [2.45, 2.75) is 52.4 Å². The Labute approximate surface area is 366 Å². The average molecular weight is 898 g/mol. The number of ether oxygens (including phenoxy) is 7. The average Bonchev–Trinajstić information content (AvgIpc) is 3.61. The first-order chi connectivity index (χ1) is 30.2. The van der Waals surface area contributed by atoms with Crippen molar-refractivity contribution in [3.63, 3.8) is 0 Å². The minimum absolute atomic E-state index is 0.00706. The fraction of sp³-hybridized carbons (Fsp3) is 0.372. The first-order valence-corrected chi connectivity index (χ1v) is 19.1. The molecule has 0 amide bonds. The van der Waals surface area contributed by atoms with Gasteiger partial charge in [0.05, 0.1) is 42.6 Å². The van der Waals surface area contributed by atoms with Crippen molar-refractivity contribution in [3.05, 3.63) is 92.3 Å². The van der Waals surface area contributed by atoms with E-state index in [0.29, 0.717) is 22.2 Å². The maximum atomic E-state index is 12.9.